The highest BCUT2D eigenvalue weighted by Crippen LogP contribution is 2.29. The fourth-order valence-corrected chi connectivity index (χ4v) is 3.94. The Bertz CT molecular complexity index is 1050. The first kappa shape index (κ1) is 20.0. The van der Waals surface area contributed by atoms with Crippen LogP contribution in [0, 0.1) is 0 Å². The summed E-state index contributed by atoms with van der Waals surface area (Å²) in [5, 5.41) is 3.87. The van der Waals surface area contributed by atoms with Gasteiger partial charge in [-0.2, -0.15) is 0 Å². The summed E-state index contributed by atoms with van der Waals surface area (Å²) in [5.41, 5.74) is 5.20. The SMILES string of the molecule is COc1ccc(CCNC(=O)COC(=O)c2ccc3[nH]c4c(c3c2)CCCC4)cc1. The summed E-state index contributed by atoms with van der Waals surface area (Å²) in [5.74, 6) is 0.0120. The Morgan fingerprint density at radius 2 is 1.87 bits per heavy atom. The molecule has 3 aromatic rings. The molecule has 0 unspecified atom stereocenters. The number of carbonyl (C=O) groups is 2. The number of ether oxygens (including phenoxy) is 2. The summed E-state index contributed by atoms with van der Waals surface area (Å²) >= 11 is 0. The van der Waals surface area contributed by atoms with Gasteiger partial charge >= 0.3 is 5.97 Å². The molecule has 1 amide bonds. The van der Waals surface area contributed by atoms with Gasteiger partial charge in [-0.1, -0.05) is 12.1 Å². The lowest BCUT2D eigenvalue weighted by atomic mass is 9.95. The van der Waals surface area contributed by atoms with Crippen LogP contribution in [-0.4, -0.2) is 37.1 Å². The van der Waals surface area contributed by atoms with E-state index in [4.69, 9.17) is 9.47 Å². The second kappa shape index (κ2) is 9.03. The van der Waals surface area contributed by atoms with E-state index in [1.54, 1.807) is 13.2 Å². The van der Waals surface area contributed by atoms with E-state index in [9.17, 15) is 9.59 Å². The lowest BCUT2D eigenvalue weighted by molar-refractivity contribution is -0.124. The highest BCUT2D eigenvalue weighted by molar-refractivity contribution is 5.97. The summed E-state index contributed by atoms with van der Waals surface area (Å²) in [6.45, 7) is 0.189. The largest absolute Gasteiger partial charge is 0.497 e. The van der Waals surface area contributed by atoms with E-state index < -0.39 is 5.97 Å². The Morgan fingerprint density at radius 1 is 1.07 bits per heavy atom. The van der Waals surface area contributed by atoms with Crippen molar-refractivity contribution in [3.63, 3.8) is 0 Å². The van der Waals surface area contributed by atoms with Crippen LogP contribution in [-0.2, 0) is 28.8 Å². The molecule has 1 aliphatic rings. The molecule has 0 atom stereocenters. The molecule has 0 fully saturated rings. The van der Waals surface area contributed by atoms with E-state index in [2.05, 4.69) is 10.3 Å². The van der Waals surface area contributed by atoms with Gasteiger partial charge in [0.15, 0.2) is 6.61 Å². The van der Waals surface area contributed by atoms with Crippen LogP contribution in [0.4, 0.5) is 0 Å². The highest BCUT2D eigenvalue weighted by Gasteiger charge is 2.17. The fourth-order valence-electron chi connectivity index (χ4n) is 3.94. The van der Waals surface area contributed by atoms with E-state index in [0.29, 0.717) is 18.5 Å². The number of methoxy groups -OCH3 is 1. The first-order chi connectivity index (χ1) is 14.6. The number of aromatic nitrogens is 1. The summed E-state index contributed by atoms with van der Waals surface area (Å²) < 4.78 is 10.3. The van der Waals surface area contributed by atoms with Gasteiger partial charge in [-0.25, -0.2) is 4.79 Å². The smallest absolute Gasteiger partial charge is 0.338 e. The molecule has 1 aliphatic carbocycles. The molecule has 2 N–H and O–H groups in total. The number of rotatable bonds is 7. The number of benzene rings is 2. The van der Waals surface area contributed by atoms with Crippen LogP contribution < -0.4 is 10.1 Å². The fraction of sp³-hybridized carbons (Fsp3) is 0.333. The molecule has 0 aliphatic heterocycles. The molecule has 6 heteroatoms. The van der Waals surface area contributed by atoms with Crippen molar-refractivity contribution in [1.29, 1.82) is 0 Å². The number of H-pyrrole nitrogens is 1. The van der Waals surface area contributed by atoms with Crippen molar-refractivity contribution in [3.05, 3.63) is 64.8 Å². The molecule has 6 nitrogen and oxygen atoms in total. The van der Waals surface area contributed by atoms with Crippen molar-refractivity contribution < 1.29 is 19.1 Å². The molecular weight excluding hydrogens is 380 g/mol. The minimum absolute atomic E-state index is 0.287. The average molecular weight is 406 g/mol. The molecule has 0 saturated heterocycles. The molecule has 0 saturated carbocycles. The van der Waals surface area contributed by atoms with Crippen LogP contribution in [0.3, 0.4) is 0 Å². The van der Waals surface area contributed by atoms with Crippen LogP contribution in [0.1, 0.15) is 40.0 Å². The van der Waals surface area contributed by atoms with Gasteiger partial charge in [-0.3, -0.25) is 4.79 Å². The minimum atomic E-state index is -0.479. The highest BCUT2D eigenvalue weighted by atomic mass is 16.5. The second-order valence-corrected chi connectivity index (χ2v) is 7.57. The molecular formula is C24H26N2O4. The summed E-state index contributed by atoms with van der Waals surface area (Å²) in [4.78, 5) is 27.9. The van der Waals surface area contributed by atoms with Gasteiger partial charge in [0.1, 0.15) is 5.75 Å². The standard InChI is InChI=1S/C24H26N2O4/c1-29-18-9-6-16(7-10-18)12-13-25-23(27)15-30-24(28)17-8-11-22-20(14-17)19-4-2-3-5-21(19)26-22/h6-11,14,26H,2-5,12-13,15H2,1H3,(H,25,27). The first-order valence-corrected chi connectivity index (χ1v) is 10.3. The van der Waals surface area contributed by atoms with E-state index in [1.165, 1.54) is 24.1 Å². The normalized spacial score (nSPS) is 13.0. The predicted octanol–water partition coefficient (Wildman–Crippen LogP) is 3.57. The number of amides is 1. The van der Waals surface area contributed by atoms with Crippen molar-refractivity contribution in [3.8, 4) is 5.75 Å². The van der Waals surface area contributed by atoms with Gasteiger partial charge in [0, 0.05) is 23.1 Å². The minimum Gasteiger partial charge on any atom is -0.497 e. The number of nitrogens with one attached hydrogen (secondary N) is 2. The van der Waals surface area contributed by atoms with Crippen molar-refractivity contribution in [1.82, 2.24) is 10.3 Å². The molecule has 2 aromatic carbocycles. The molecule has 0 bridgehead atoms. The number of aryl methyl sites for hydroxylation is 2. The Hall–Kier alpha value is -3.28. The summed E-state index contributed by atoms with van der Waals surface area (Å²) in [6.07, 6.45) is 5.15. The lowest BCUT2D eigenvalue weighted by Gasteiger charge is -2.10. The number of esters is 1. The average Bonchev–Trinajstić information content (AvgIpc) is 3.16. The van der Waals surface area contributed by atoms with Crippen LogP contribution in [0.5, 0.6) is 5.75 Å². The molecule has 0 radical (unpaired) electrons. The Labute approximate surface area is 175 Å². The van der Waals surface area contributed by atoms with Crippen molar-refractivity contribution >= 4 is 22.8 Å². The Kier molecular flexibility index (Phi) is 6.02. The number of hydrogen-bond donors (Lipinski definition) is 2. The van der Waals surface area contributed by atoms with Crippen LogP contribution in [0.25, 0.3) is 10.9 Å². The molecule has 0 spiro atoms. The first-order valence-electron chi connectivity index (χ1n) is 10.3. The van der Waals surface area contributed by atoms with E-state index in [0.717, 1.165) is 35.1 Å². The summed E-state index contributed by atoms with van der Waals surface area (Å²) in [6, 6.07) is 13.2. The third-order valence-electron chi connectivity index (χ3n) is 5.56. The zero-order valence-corrected chi connectivity index (χ0v) is 17.1. The lowest BCUT2D eigenvalue weighted by Crippen LogP contribution is -2.30. The maximum Gasteiger partial charge on any atom is 0.338 e. The zero-order chi connectivity index (χ0) is 20.9. The van der Waals surface area contributed by atoms with Crippen LogP contribution in [0.2, 0.25) is 0 Å². The zero-order valence-electron chi connectivity index (χ0n) is 17.1. The van der Waals surface area contributed by atoms with Crippen LogP contribution in [0.15, 0.2) is 42.5 Å². The number of hydrogen-bond acceptors (Lipinski definition) is 4. The Morgan fingerprint density at radius 3 is 2.67 bits per heavy atom. The van der Waals surface area contributed by atoms with Gasteiger partial charge in [0.25, 0.3) is 5.91 Å². The van der Waals surface area contributed by atoms with Crippen LogP contribution >= 0.6 is 0 Å². The third-order valence-corrected chi connectivity index (χ3v) is 5.56. The van der Waals surface area contributed by atoms with Crippen molar-refractivity contribution in [2.75, 3.05) is 20.3 Å². The van der Waals surface area contributed by atoms with E-state index in [-0.39, 0.29) is 12.5 Å². The maximum absolute atomic E-state index is 12.4. The van der Waals surface area contributed by atoms with Crippen molar-refractivity contribution in [2.24, 2.45) is 0 Å². The monoisotopic (exact) mass is 406 g/mol. The number of carbonyl (C=O) groups excluding carboxylic acids is 2. The van der Waals surface area contributed by atoms with E-state index in [1.807, 2.05) is 36.4 Å². The summed E-state index contributed by atoms with van der Waals surface area (Å²) in [7, 11) is 1.63. The van der Waals surface area contributed by atoms with Gasteiger partial charge < -0.3 is 19.8 Å². The van der Waals surface area contributed by atoms with Gasteiger partial charge in [0.05, 0.1) is 12.7 Å². The van der Waals surface area contributed by atoms with Gasteiger partial charge in [0.2, 0.25) is 0 Å². The molecule has 156 valence electrons. The predicted molar refractivity (Wildman–Crippen MR) is 115 cm³/mol. The maximum atomic E-state index is 12.4. The quantitative estimate of drug-likeness (QED) is 0.588. The van der Waals surface area contributed by atoms with Crippen molar-refractivity contribution in [2.45, 2.75) is 32.1 Å². The number of aromatic amines is 1. The van der Waals surface area contributed by atoms with E-state index >= 15 is 0 Å². The Balaban J connectivity index is 1.28. The molecule has 30 heavy (non-hydrogen) atoms. The second-order valence-electron chi connectivity index (χ2n) is 7.57. The molecule has 4 rings (SSSR count). The third kappa shape index (κ3) is 4.48. The topological polar surface area (TPSA) is 80.4 Å². The van der Waals surface area contributed by atoms with Gasteiger partial charge in [-0.15, -0.1) is 0 Å². The van der Waals surface area contributed by atoms with Gasteiger partial charge in [-0.05, 0) is 73.6 Å². The molecule has 1 heterocycles. The molecule has 1 aromatic heterocycles. The number of fused-ring (bicyclic) bond motifs is 3.